The van der Waals surface area contributed by atoms with Crippen LogP contribution in [0.3, 0.4) is 0 Å². The first kappa shape index (κ1) is 14.6. The van der Waals surface area contributed by atoms with Crippen LogP contribution in [0, 0.1) is 12.8 Å². The Labute approximate surface area is 147 Å². The topological polar surface area (TPSA) is 51.2 Å². The zero-order valence-corrected chi connectivity index (χ0v) is 14.6. The average Bonchev–Trinajstić information content (AvgIpc) is 2.97. The molecule has 5 nitrogen and oxygen atoms in total. The number of hydrogen-bond donors (Lipinski definition) is 1. The minimum atomic E-state index is -0.561. The van der Waals surface area contributed by atoms with Gasteiger partial charge in [-0.3, -0.25) is 0 Å². The average molecular weight is 341 g/mol. The SMILES string of the molecule is Cc1c2c(c3c4c1C[C@H]1[C@@H]5C=C[C@H](O)[C@H](O3)[C@]45CCN1C)OCOC2. The van der Waals surface area contributed by atoms with E-state index >= 15 is 0 Å². The molecule has 1 saturated heterocycles. The summed E-state index contributed by atoms with van der Waals surface area (Å²) in [6, 6.07) is 0.462. The molecule has 1 aromatic rings. The Morgan fingerprint density at radius 3 is 3.00 bits per heavy atom. The minimum Gasteiger partial charge on any atom is -0.482 e. The molecular formula is C20H23NO4. The minimum absolute atomic E-state index is 0.115. The van der Waals surface area contributed by atoms with E-state index in [0.29, 0.717) is 18.6 Å². The summed E-state index contributed by atoms with van der Waals surface area (Å²) < 4.78 is 17.9. The van der Waals surface area contributed by atoms with E-state index in [4.69, 9.17) is 14.2 Å². The van der Waals surface area contributed by atoms with Crippen molar-refractivity contribution < 1.29 is 19.3 Å². The maximum atomic E-state index is 10.7. The molecule has 1 N–H and O–H groups in total. The normalized spacial score (nSPS) is 40.1. The fourth-order valence-electron chi connectivity index (χ4n) is 6.17. The second-order valence-corrected chi connectivity index (χ2v) is 8.21. The maximum Gasteiger partial charge on any atom is 0.189 e. The Kier molecular flexibility index (Phi) is 2.68. The van der Waals surface area contributed by atoms with Crippen LogP contribution in [0.1, 0.15) is 28.7 Å². The number of benzene rings is 1. The summed E-state index contributed by atoms with van der Waals surface area (Å²) in [7, 11) is 2.23. The Morgan fingerprint density at radius 2 is 2.12 bits per heavy atom. The molecule has 132 valence electrons. The fourth-order valence-corrected chi connectivity index (χ4v) is 6.17. The van der Waals surface area contributed by atoms with Gasteiger partial charge in [0.2, 0.25) is 0 Å². The van der Waals surface area contributed by atoms with Gasteiger partial charge in [0.1, 0.15) is 12.2 Å². The van der Waals surface area contributed by atoms with Gasteiger partial charge in [0.15, 0.2) is 18.3 Å². The molecule has 0 saturated carbocycles. The van der Waals surface area contributed by atoms with Gasteiger partial charge >= 0.3 is 0 Å². The van der Waals surface area contributed by atoms with E-state index < -0.39 is 6.10 Å². The molecular weight excluding hydrogens is 318 g/mol. The summed E-state index contributed by atoms with van der Waals surface area (Å²) in [6.07, 6.45) is 5.48. The maximum absolute atomic E-state index is 10.7. The summed E-state index contributed by atoms with van der Waals surface area (Å²) in [4.78, 5) is 2.49. The molecule has 3 aliphatic heterocycles. The zero-order chi connectivity index (χ0) is 16.9. The van der Waals surface area contributed by atoms with E-state index in [1.807, 2.05) is 6.08 Å². The highest BCUT2D eigenvalue weighted by molar-refractivity contribution is 5.67. The van der Waals surface area contributed by atoms with Crippen LogP contribution in [0.5, 0.6) is 11.5 Å². The number of fused-ring (bicyclic) bond motifs is 2. The zero-order valence-electron chi connectivity index (χ0n) is 14.6. The standard InChI is InChI=1S/C20H23NO4/c1-10-11-7-14-13-3-4-15(22)19-20(13,5-6-21(14)2)16(11)18(25-19)17-12(10)8-23-9-24-17/h3-4,13-15,19,22H,5-9H2,1-2H3/t13-,14-,15-,19-,20-/m0/s1. The van der Waals surface area contributed by atoms with Gasteiger partial charge in [0.25, 0.3) is 0 Å². The van der Waals surface area contributed by atoms with Crippen LogP contribution >= 0.6 is 0 Å². The number of rotatable bonds is 0. The second-order valence-electron chi connectivity index (χ2n) is 8.21. The van der Waals surface area contributed by atoms with Crippen LogP contribution in [0.2, 0.25) is 0 Å². The van der Waals surface area contributed by atoms with Crippen LogP contribution in [0.15, 0.2) is 12.2 Å². The van der Waals surface area contributed by atoms with Crippen molar-refractivity contribution in [2.75, 3.05) is 20.4 Å². The number of likely N-dealkylation sites (N-methyl/N-ethyl adjacent to an activating group) is 1. The van der Waals surface area contributed by atoms with Crippen molar-refractivity contribution in [3.63, 3.8) is 0 Å². The van der Waals surface area contributed by atoms with Gasteiger partial charge in [-0.25, -0.2) is 0 Å². The molecule has 2 aliphatic carbocycles. The Balaban J connectivity index is 1.70. The lowest BCUT2D eigenvalue weighted by molar-refractivity contribution is -0.0471. The molecule has 1 aromatic carbocycles. The number of hydrogen-bond acceptors (Lipinski definition) is 5. The predicted octanol–water partition coefficient (Wildman–Crippen LogP) is 1.67. The van der Waals surface area contributed by atoms with Gasteiger partial charge in [-0.2, -0.15) is 0 Å². The van der Waals surface area contributed by atoms with E-state index in [1.54, 1.807) is 0 Å². The summed E-state index contributed by atoms with van der Waals surface area (Å²) in [6.45, 7) is 4.09. The molecule has 0 unspecified atom stereocenters. The van der Waals surface area contributed by atoms with Crippen LogP contribution in [-0.4, -0.2) is 48.6 Å². The van der Waals surface area contributed by atoms with Crippen molar-refractivity contribution in [1.29, 1.82) is 0 Å². The lowest BCUT2D eigenvalue weighted by atomic mass is 9.53. The van der Waals surface area contributed by atoms with E-state index in [0.717, 1.165) is 36.4 Å². The van der Waals surface area contributed by atoms with Gasteiger partial charge < -0.3 is 24.2 Å². The van der Waals surface area contributed by atoms with Gasteiger partial charge in [-0.15, -0.1) is 0 Å². The largest absolute Gasteiger partial charge is 0.482 e. The molecule has 2 bridgehead atoms. The molecule has 0 aromatic heterocycles. The third kappa shape index (κ3) is 1.52. The third-order valence-electron chi connectivity index (χ3n) is 7.36. The van der Waals surface area contributed by atoms with E-state index in [1.165, 1.54) is 16.7 Å². The lowest BCUT2D eigenvalue weighted by Gasteiger charge is -2.56. The van der Waals surface area contributed by atoms with Crippen LogP contribution < -0.4 is 9.47 Å². The van der Waals surface area contributed by atoms with Crippen molar-refractivity contribution in [3.05, 3.63) is 34.4 Å². The van der Waals surface area contributed by atoms with Gasteiger partial charge in [0, 0.05) is 28.5 Å². The molecule has 6 rings (SSSR count). The van der Waals surface area contributed by atoms with Crippen molar-refractivity contribution in [2.24, 2.45) is 5.92 Å². The number of nitrogens with zero attached hydrogens (tertiary/aromatic N) is 1. The molecule has 1 fully saturated rings. The molecule has 0 radical (unpaired) electrons. The van der Waals surface area contributed by atoms with Gasteiger partial charge in [-0.1, -0.05) is 12.2 Å². The number of aliphatic hydroxyl groups is 1. The van der Waals surface area contributed by atoms with Crippen LogP contribution in [0.25, 0.3) is 0 Å². The summed E-state index contributed by atoms with van der Waals surface area (Å²) in [5.74, 6) is 2.14. The molecule has 5 heteroatoms. The third-order valence-corrected chi connectivity index (χ3v) is 7.36. The summed E-state index contributed by atoms with van der Waals surface area (Å²) in [5.41, 5.74) is 5.03. The van der Waals surface area contributed by atoms with E-state index in [9.17, 15) is 5.11 Å². The first-order valence-electron chi connectivity index (χ1n) is 9.25. The van der Waals surface area contributed by atoms with E-state index in [-0.39, 0.29) is 18.3 Å². The molecule has 5 aliphatic rings. The number of aliphatic hydroxyl groups excluding tert-OH is 1. The second kappa shape index (κ2) is 4.58. The summed E-state index contributed by atoms with van der Waals surface area (Å²) >= 11 is 0. The quantitative estimate of drug-likeness (QED) is 0.728. The van der Waals surface area contributed by atoms with Crippen molar-refractivity contribution >= 4 is 0 Å². The molecule has 1 spiro atoms. The molecule has 0 amide bonds. The van der Waals surface area contributed by atoms with Crippen molar-refractivity contribution in [3.8, 4) is 11.5 Å². The highest BCUT2D eigenvalue weighted by Crippen LogP contribution is 2.64. The molecule has 3 heterocycles. The van der Waals surface area contributed by atoms with E-state index in [2.05, 4.69) is 24.9 Å². The van der Waals surface area contributed by atoms with Crippen molar-refractivity contribution in [2.45, 2.75) is 50.0 Å². The van der Waals surface area contributed by atoms with Crippen molar-refractivity contribution in [1.82, 2.24) is 4.90 Å². The highest BCUT2D eigenvalue weighted by Gasteiger charge is 2.64. The smallest absolute Gasteiger partial charge is 0.189 e. The fraction of sp³-hybridized carbons (Fsp3) is 0.600. The Bertz CT molecular complexity index is 819. The predicted molar refractivity (Wildman–Crippen MR) is 90.9 cm³/mol. The highest BCUT2D eigenvalue weighted by atomic mass is 16.7. The number of ether oxygens (including phenoxy) is 3. The lowest BCUT2D eigenvalue weighted by Crippen LogP contribution is -2.64. The van der Waals surface area contributed by atoms with Gasteiger partial charge in [0.05, 0.1) is 6.61 Å². The molecule has 5 atom stereocenters. The first-order chi connectivity index (χ1) is 12.1. The monoisotopic (exact) mass is 341 g/mol. The Morgan fingerprint density at radius 1 is 1.24 bits per heavy atom. The summed E-state index contributed by atoms with van der Waals surface area (Å²) in [5, 5.41) is 10.7. The van der Waals surface area contributed by atoms with Crippen LogP contribution in [-0.2, 0) is 23.2 Å². The number of piperidine rings is 1. The first-order valence-corrected chi connectivity index (χ1v) is 9.25. The number of likely N-dealkylation sites (tertiary alicyclic amines) is 1. The molecule has 25 heavy (non-hydrogen) atoms. The van der Waals surface area contributed by atoms with Gasteiger partial charge in [-0.05, 0) is 44.5 Å². The Hall–Kier alpha value is -1.56. The van der Waals surface area contributed by atoms with Crippen LogP contribution in [0.4, 0.5) is 0 Å².